The standard InChI is InChI=1S/C18H27N3O3/c1-23-17-4-2-3-16(9-17)21-7-5-14(12-21)10-19-18(22)20-11-15-6-8-24-13-15/h2-4,9,14-15H,5-8,10-13H2,1H3,(H2,19,20,22)/t14-,15-/m1/s1. The van der Waals surface area contributed by atoms with Gasteiger partial charge in [-0.25, -0.2) is 4.79 Å². The molecule has 1 aromatic carbocycles. The van der Waals surface area contributed by atoms with Crippen molar-refractivity contribution in [3.05, 3.63) is 24.3 Å². The Bertz CT molecular complexity index is 546. The van der Waals surface area contributed by atoms with Crippen LogP contribution in [0.15, 0.2) is 24.3 Å². The molecule has 0 radical (unpaired) electrons. The Kier molecular flexibility index (Phi) is 5.80. The predicted molar refractivity (Wildman–Crippen MR) is 93.6 cm³/mol. The summed E-state index contributed by atoms with van der Waals surface area (Å²) in [5.41, 5.74) is 1.18. The quantitative estimate of drug-likeness (QED) is 0.834. The second kappa shape index (κ2) is 8.24. The van der Waals surface area contributed by atoms with Crippen LogP contribution in [-0.2, 0) is 4.74 Å². The minimum Gasteiger partial charge on any atom is -0.497 e. The van der Waals surface area contributed by atoms with E-state index in [2.05, 4.69) is 27.7 Å². The average molecular weight is 333 g/mol. The molecule has 24 heavy (non-hydrogen) atoms. The maximum Gasteiger partial charge on any atom is 0.314 e. The molecular formula is C18H27N3O3. The van der Waals surface area contributed by atoms with Crippen molar-refractivity contribution in [1.82, 2.24) is 10.6 Å². The fourth-order valence-electron chi connectivity index (χ4n) is 3.32. The van der Waals surface area contributed by atoms with Crippen molar-refractivity contribution in [3.63, 3.8) is 0 Å². The summed E-state index contributed by atoms with van der Waals surface area (Å²) >= 11 is 0. The first kappa shape index (κ1) is 16.9. The molecular weight excluding hydrogens is 306 g/mol. The number of carbonyl (C=O) groups excluding carboxylic acids is 1. The molecule has 0 saturated carbocycles. The summed E-state index contributed by atoms with van der Waals surface area (Å²) in [4.78, 5) is 14.2. The Morgan fingerprint density at radius 3 is 2.88 bits per heavy atom. The average Bonchev–Trinajstić information content (AvgIpc) is 3.30. The molecule has 2 atom stereocenters. The van der Waals surface area contributed by atoms with Crippen LogP contribution < -0.4 is 20.3 Å². The molecule has 2 amide bonds. The maximum atomic E-state index is 11.9. The van der Waals surface area contributed by atoms with E-state index >= 15 is 0 Å². The van der Waals surface area contributed by atoms with Gasteiger partial charge in [0.1, 0.15) is 5.75 Å². The molecule has 0 spiro atoms. The normalized spacial score (nSPS) is 23.3. The molecule has 6 nitrogen and oxygen atoms in total. The van der Waals surface area contributed by atoms with Crippen LogP contribution in [0.1, 0.15) is 12.8 Å². The molecule has 1 aromatic rings. The molecule has 2 aliphatic rings. The number of urea groups is 1. The van der Waals surface area contributed by atoms with Gasteiger partial charge >= 0.3 is 6.03 Å². The predicted octanol–water partition coefficient (Wildman–Crippen LogP) is 1.86. The monoisotopic (exact) mass is 333 g/mol. The van der Waals surface area contributed by atoms with Crippen molar-refractivity contribution in [2.45, 2.75) is 12.8 Å². The molecule has 2 N–H and O–H groups in total. The summed E-state index contributed by atoms with van der Waals surface area (Å²) in [5, 5.41) is 5.95. The molecule has 2 fully saturated rings. The molecule has 2 aliphatic heterocycles. The van der Waals surface area contributed by atoms with Gasteiger partial charge in [-0.15, -0.1) is 0 Å². The third kappa shape index (κ3) is 4.54. The van der Waals surface area contributed by atoms with Crippen LogP contribution >= 0.6 is 0 Å². The second-order valence-corrected chi connectivity index (χ2v) is 6.62. The summed E-state index contributed by atoms with van der Waals surface area (Å²) in [6.45, 7) is 4.97. The smallest absolute Gasteiger partial charge is 0.314 e. The van der Waals surface area contributed by atoms with Crippen LogP contribution in [0.3, 0.4) is 0 Å². The lowest BCUT2D eigenvalue weighted by Gasteiger charge is -2.19. The molecule has 132 valence electrons. The number of nitrogens with zero attached hydrogens (tertiary/aromatic N) is 1. The first-order chi connectivity index (χ1) is 11.7. The van der Waals surface area contributed by atoms with Gasteiger partial charge in [-0.2, -0.15) is 0 Å². The lowest BCUT2D eigenvalue weighted by Crippen LogP contribution is -2.40. The number of carbonyl (C=O) groups is 1. The SMILES string of the molecule is COc1cccc(N2CC[C@H](CNC(=O)NC[C@H]3CCOC3)C2)c1. The number of amides is 2. The van der Waals surface area contributed by atoms with Crippen LogP contribution in [0.5, 0.6) is 5.75 Å². The number of methoxy groups -OCH3 is 1. The Morgan fingerprint density at radius 1 is 1.29 bits per heavy atom. The highest BCUT2D eigenvalue weighted by Crippen LogP contribution is 2.26. The third-order valence-electron chi connectivity index (χ3n) is 4.83. The van der Waals surface area contributed by atoms with Crippen molar-refractivity contribution < 1.29 is 14.3 Å². The molecule has 0 aromatic heterocycles. The minimum absolute atomic E-state index is 0.0678. The number of hydrogen-bond acceptors (Lipinski definition) is 4. The van der Waals surface area contributed by atoms with Gasteiger partial charge in [-0.1, -0.05) is 6.07 Å². The van der Waals surface area contributed by atoms with Gasteiger partial charge in [-0.05, 0) is 30.9 Å². The van der Waals surface area contributed by atoms with E-state index in [0.717, 1.165) is 44.9 Å². The van der Waals surface area contributed by atoms with Crippen LogP contribution in [0, 0.1) is 11.8 Å². The van der Waals surface area contributed by atoms with Crippen molar-refractivity contribution in [2.75, 3.05) is 51.4 Å². The van der Waals surface area contributed by atoms with E-state index in [-0.39, 0.29) is 6.03 Å². The fourth-order valence-corrected chi connectivity index (χ4v) is 3.32. The Labute approximate surface area is 143 Å². The van der Waals surface area contributed by atoms with E-state index in [1.807, 2.05) is 12.1 Å². The second-order valence-electron chi connectivity index (χ2n) is 6.62. The molecule has 2 saturated heterocycles. The van der Waals surface area contributed by atoms with Crippen LogP contribution in [0.2, 0.25) is 0 Å². The van der Waals surface area contributed by atoms with Crippen molar-refractivity contribution in [2.24, 2.45) is 11.8 Å². The van der Waals surface area contributed by atoms with Gasteiger partial charge in [0.05, 0.1) is 13.7 Å². The first-order valence-corrected chi connectivity index (χ1v) is 8.73. The van der Waals surface area contributed by atoms with Crippen molar-refractivity contribution >= 4 is 11.7 Å². The first-order valence-electron chi connectivity index (χ1n) is 8.73. The Balaban J connectivity index is 1.38. The van der Waals surface area contributed by atoms with Crippen LogP contribution in [-0.4, -0.2) is 52.5 Å². The zero-order valence-electron chi connectivity index (χ0n) is 14.3. The lowest BCUT2D eigenvalue weighted by molar-refractivity contribution is 0.185. The van der Waals surface area contributed by atoms with Gasteiger partial charge in [-0.3, -0.25) is 0 Å². The van der Waals surface area contributed by atoms with Gasteiger partial charge in [0.15, 0.2) is 0 Å². The van der Waals surface area contributed by atoms with E-state index in [9.17, 15) is 4.79 Å². The number of anilines is 1. The van der Waals surface area contributed by atoms with E-state index in [1.54, 1.807) is 7.11 Å². The summed E-state index contributed by atoms with van der Waals surface area (Å²) in [6.07, 6.45) is 2.13. The van der Waals surface area contributed by atoms with Gasteiger partial charge < -0.3 is 25.0 Å². The van der Waals surface area contributed by atoms with E-state index in [1.165, 1.54) is 5.69 Å². The molecule has 6 heteroatoms. The topological polar surface area (TPSA) is 62.8 Å². The van der Waals surface area contributed by atoms with E-state index in [0.29, 0.717) is 24.9 Å². The number of rotatable bonds is 6. The molecule has 3 rings (SSSR count). The summed E-state index contributed by atoms with van der Waals surface area (Å²) in [5.74, 6) is 1.83. The largest absolute Gasteiger partial charge is 0.497 e. The zero-order valence-corrected chi connectivity index (χ0v) is 14.3. The van der Waals surface area contributed by atoms with Gasteiger partial charge in [0.2, 0.25) is 0 Å². The molecule has 0 bridgehead atoms. The fraction of sp³-hybridized carbons (Fsp3) is 0.611. The number of ether oxygens (including phenoxy) is 2. The highest BCUT2D eigenvalue weighted by Gasteiger charge is 2.23. The molecule has 0 unspecified atom stereocenters. The lowest BCUT2D eigenvalue weighted by atomic mass is 10.1. The highest BCUT2D eigenvalue weighted by atomic mass is 16.5. The highest BCUT2D eigenvalue weighted by molar-refractivity contribution is 5.73. The van der Waals surface area contributed by atoms with Crippen LogP contribution in [0.4, 0.5) is 10.5 Å². The summed E-state index contributed by atoms with van der Waals surface area (Å²) in [6, 6.07) is 8.07. The molecule has 2 heterocycles. The Morgan fingerprint density at radius 2 is 2.12 bits per heavy atom. The third-order valence-corrected chi connectivity index (χ3v) is 4.83. The Hall–Kier alpha value is -1.95. The van der Waals surface area contributed by atoms with Crippen molar-refractivity contribution in [3.8, 4) is 5.75 Å². The molecule has 0 aliphatic carbocycles. The number of nitrogens with one attached hydrogen (secondary N) is 2. The maximum absolute atomic E-state index is 11.9. The van der Waals surface area contributed by atoms with E-state index < -0.39 is 0 Å². The summed E-state index contributed by atoms with van der Waals surface area (Å²) in [7, 11) is 1.69. The van der Waals surface area contributed by atoms with Crippen LogP contribution in [0.25, 0.3) is 0 Å². The number of benzene rings is 1. The van der Waals surface area contributed by atoms with Gasteiger partial charge in [0, 0.05) is 50.5 Å². The summed E-state index contributed by atoms with van der Waals surface area (Å²) < 4.78 is 10.6. The van der Waals surface area contributed by atoms with E-state index in [4.69, 9.17) is 9.47 Å². The minimum atomic E-state index is -0.0678. The van der Waals surface area contributed by atoms with Gasteiger partial charge in [0.25, 0.3) is 0 Å². The number of hydrogen-bond donors (Lipinski definition) is 2. The van der Waals surface area contributed by atoms with Crippen molar-refractivity contribution in [1.29, 1.82) is 0 Å². The zero-order chi connectivity index (χ0) is 16.8.